The second-order valence-corrected chi connectivity index (χ2v) is 3.94. The zero-order chi connectivity index (χ0) is 9.60. The molecule has 0 radical (unpaired) electrons. The lowest BCUT2D eigenvalue weighted by molar-refractivity contribution is 0.151. The first-order valence-corrected chi connectivity index (χ1v) is 4.86. The SMILES string of the molecule is OC1(c2ccc3ncccc3c2)CC1. The van der Waals surface area contributed by atoms with Crippen LogP contribution in [0.4, 0.5) is 0 Å². The Morgan fingerprint density at radius 2 is 2.07 bits per heavy atom. The lowest BCUT2D eigenvalue weighted by Crippen LogP contribution is -2.03. The van der Waals surface area contributed by atoms with Crippen LogP contribution >= 0.6 is 0 Å². The predicted molar refractivity (Wildman–Crippen MR) is 54.9 cm³/mol. The summed E-state index contributed by atoms with van der Waals surface area (Å²) in [4.78, 5) is 4.24. The molecule has 1 heterocycles. The molecular weight excluding hydrogens is 174 g/mol. The van der Waals surface area contributed by atoms with Gasteiger partial charge in [0.25, 0.3) is 0 Å². The van der Waals surface area contributed by atoms with Crippen molar-refractivity contribution in [2.75, 3.05) is 0 Å². The van der Waals surface area contributed by atoms with Crippen LogP contribution in [0.25, 0.3) is 10.9 Å². The Labute approximate surface area is 82.2 Å². The van der Waals surface area contributed by atoms with Crippen LogP contribution in [0.3, 0.4) is 0 Å². The number of nitrogens with zero attached hydrogens (tertiary/aromatic N) is 1. The monoisotopic (exact) mass is 185 g/mol. The van der Waals surface area contributed by atoms with Crippen molar-refractivity contribution >= 4 is 10.9 Å². The highest BCUT2D eigenvalue weighted by Gasteiger charge is 2.41. The number of aliphatic hydroxyl groups is 1. The van der Waals surface area contributed by atoms with E-state index in [1.807, 2.05) is 30.3 Å². The summed E-state index contributed by atoms with van der Waals surface area (Å²) in [5.74, 6) is 0. The maximum Gasteiger partial charge on any atom is 0.0899 e. The smallest absolute Gasteiger partial charge is 0.0899 e. The lowest BCUT2D eigenvalue weighted by atomic mass is 10.1. The molecule has 0 atom stereocenters. The zero-order valence-corrected chi connectivity index (χ0v) is 7.77. The fourth-order valence-corrected chi connectivity index (χ4v) is 1.77. The molecule has 1 aromatic carbocycles. The summed E-state index contributed by atoms with van der Waals surface area (Å²) in [5, 5.41) is 11.0. The third-order valence-corrected chi connectivity index (χ3v) is 2.86. The van der Waals surface area contributed by atoms with E-state index in [0.717, 1.165) is 29.3 Å². The first-order chi connectivity index (χ1) is 6.78. The van der Waals surface area contributed by atoms with Crippen LogP contribution in [-0.4, -0.2) is 10.1 Å². The summed E-state index contributed by atoms with van der Waals surface area (Å²) in [7, 11) is 0. The summed E-state index contributed by atoms with van der Waals surface area (Å²) >= 11 is 0. The third-order valence-electron chi connectivity index (χ3n) is 2.86. The summed E-state index contributed by atoms with van der Waals surface area (Å²) in [6.07, 6.45) is 3.56. The average molecular weight is 185 g/mol. The van der Waals surface area contributed by atoms with Gasteiger partial charge in [0, 0.05) is 11.6 Å². The molecule has 2 nitrogen and oxygen atoms in total. The molecule has 1 N–H and O–H groups in total. The standard InChI is InChI=1S/C12H11NO/c14-12(5-6-12)10-3-4-11-9(8-10)2-1-7-13-11/h1-4,7-8,14H,5-6H2. The van der Waals surface area contributed by atoms with Crippen molar-refractivity contribution in [2.45, 2.75) is 18.4 Å². The molecule has 0 spiro atoms. The van der Waals surface area contributed by atoms with Crippen LogP contribution < -0.4 is 0 Å². The summed E-state index contributed by atoms with van der Waals surface area (Å²) < 4.78 is 0. The second-order valence-electron chi connectivity index (χ2n) is 3.94. The Morgan fingerprint density at radius 3 is 2.86 bits per heavy atom. The molecule has 0 saturated heterocycles. The van der Waals surface area contributed by atoms with Gasteiger partial charge in [-0.15, -0.1) is 0 Å². The van der Waals surface area contributed by atoms with Crippen molar-refractivity contribution in [3.8, 4) is 0 Å². The van der Waals surface area contributed by atoms with Gasteiger partial charge in [-0.1, -0.05) is 12.1 Å². The molecule has 3 rings (SSSR count). The van der Waals surface area contributed by atoms with Crippen LogP contribution in [0, 0.1) is 0 Å². The Hall–Kier alpha value is -1.41. The number of aromatic nitrogens is 1. The van der Waals surface area contributed by atoms with E-state index in [1.165, 1.54) is 0 Å². The van der Waals surface area contributed by atoms with Crippen molar-refractivity contribution in [1.82, 2.24) is 4.98 Å². The van der Waals surface area contributed by atoms with Gasteiger partial charge in [-0.2, -0.15) is 0 Å². The summed E-state index contributed by atoms with van der Waals surface area (Å²) in [5.41, 5.74) is 1.47. The minimum atomic E-state index is -0.538. The van der Waals surface area contributed by atoms with E-state index in [2.05, 4.69) is 4.98 Å². The van der Waals surface area contributed by atoms with Gasteiger partial charge in [0.15, 0.2) is 0 Å². The molecule has 14 heavy (non-hydrogen) atoms. The average Bonchev–Trinajstić information content (AvgIpc) is 2.97. The van der Waals surface area contributed by atoms with Gasteiger partial charge in [0.2, 0.25) is 0 Å². The van der Waals surface area contributed by atoms with Crippen molar-refractivity contribution in [3.63, 3.8) is 0 Å². The third kappa shape index (κ3) is 1.11. The Bertz CT molecular complexity index is 488. The molecule has 2 aromatic rings. The first-order valence-electron chi connectivity index (χ1n) is 4.86. The van der Waals surface area contributed by atoms with Crippen molar-refractivity contribution in [3.05, 3.63) is 42.1 Å². The van der Waals surface area contributed by atoms with Crippen LogP contribution in [0.15, 0.2) is 36.5 Å². The maximum atomic E-state index is 9.94. The largest absolute Gasteiger partial charge is 0.385 e. The molecule has 1 aliphatic rings. The quantitative estimate of drug-likeness (QED) is 0.739. The highest BCUT2D eigenvalue weighted by atomic mass is 16.3. The highest BCUT2D eigenvalue weighted by molar-refractivity contribution is 5.79. The second kappa shape index (κ2) is 2.55. The predicted octanol–water partition coefficient (Wildman–Crippen LogP) is 2.22. The Balaban J connectivity index is 2.20. The molecule has 70 valence electrons. The van der Waals surface area contributed by atoms with E-state index in [0.29, 0.717) is 0 Å². The van der Waals surface area contributed by atoms with Gasteiger partial charge >= 0.3 is 0 Å². The van der Waals surface area contributed by atoms with Gasteiger partial charge in [-0.3, -0.25) is 4.98 Å². The van der Waals surface area contributed by atoms with Gasteiger partial charge in [0.1, 0.15) is 0 Å². The minimum Gasteiger partial charge on any atom is -0.385 e. The molecule has 2 heteroatoms. The summed E-state index contributed by atoms with van der Waals surface area (Å²) in [6.45, 7) is 0. The normalized spacial score (nSPS) is 18.4. The van der Waals surface area contributed by atoms with Crippen LogP contribution in [-0.2, 0) is 5.60 Å². The van der Waals surface area contributed by atoms with E-state index in [-0.39, 0.29) is 0 Å². The van der Waals surface area contributed by atoms with Crippen molar-refractivity contribution < 1.29 is 5.11 Å². The number of fused-ring (bicyclic) bond motifs is 1. The number of hydrogen-bond donors (Lipinski definition) is 1. The first kappa shape index (κ1) is 7.94. The molecule has 0 unspecified atom stereocenters. The van der Waals surface area contributed by atoms with E-state index >= 15 is 0 Å². The van der Waals surface area contributed by atoms with E-state index < -0.39 is 5.60 Å². The minimum absolute atomic E-state index is 0.538. The fraction of sp³-hybridized carbons (Fsp3) is 0.250. The summed E-state index contributed by atoms with van der Waals surface area (Å²) in [6, 6.07) is 9.93. The molecule has 1 saturated carbocycles. The molecule has 1 aromatic heterocycles. The van der Waals surface area contributed by atoms with Gasteiger partial charge < -0.3 is 5.11 Å². The number of hydrogen-bond acceptors (Lipinski definition) is 2. The van der Waals surface area contributed by atoms with Crippen LogP contribution in [0.1, 0.15) is 18.4 Å². The zero-order valence-electron chi connectivity index (χ0n) is 7.77. The van der Waals surface area contributed by atoms with Crippen molar-refractivity contribution in [2.24, 2.45) is 0 Å². The fourth-order valence-electron chi connectivity index (χ4n) is 1.77. The van der Waals surface area contributed by atoms with Gasteiger partial charge in [-0.05, 0) is 36.6 Å². The lowest BCUT2D eigenvalue weighted by Gasteiger charge is -2.08. The highest BCUT2D eigenvalue weighted by Crippen LogP contribution is 2.45. The van der Waals surface area contributed by atoms with E-state index in [9.17, 15) is 5.11 Å². The molecule has 0 aliphatic heterocycles. The number of benzene rings is 1. The van der Waals surface area contributed by atoms with Gasteiger partial charge in [-0.25, -0.2) is 0 Å². The number of pyridine rings is 1. The van der Waals surface area contributed by atoms with E-state index in [4.69, 9.17) is 0 Å². The maximum absolute atomic E-state index is 9.94. The molecule has 0 amide bonds. The van der Waals surface area contributed by atoms with Gasteiger partial charge in [0.05, 0.1) is 11.1 Å². The topological polar surface area (TPSA) is 33.1 Å². The Kier molecular flexibility index (Phi) is 1.45. The molecule has 1 aliphatic carbocycles. The van der Waals surface area contributed by atoms with Crippen LogP contribution in [0.2, 0.25) is 0 Å². The molecule has 1 fully saturated rings. The molecule has 0 bridgehead atoms. The number of rotatable bonds is 1. The molecular formula is C12H11NO. The van der Waals surface area contributed by atoms with Crippen LogP contribution in [0.5, 0.6) is 0 Å². The van der Waals surface area contributed by atoms with E-state index in [1.54, 1.807) is 6.20 Å². The Morgan fingerprint density at radius 1 is 1.21 bits per heavy atom. The van der Waals surface area contributed by atoms with Crippen molar-refractivity contribution in [1.29, 1.82) is 0 Å².